The molecule has 162 valence electrons. The molecule has 8 nitrogen and oxygen atoms in total. The quantitative estimate of drug-likeness (QED) is 0.767. The first-order valence-corrected chi connectivity index (χ1v) is 10.3. The standard InChI is InChI=1S/C18H19F3N4O4S/c1-23-11-14(10-15(23)16(22)26)30(28,29)25-8-6-24(7-9-25)17(27)12-2-4-13(5-3-12)18(19,20)21/h2-5,10-11H,6-9H2,1H3,(H2,22,26). The number of halogens is 3. The SMILES string of the molecule is Cn1cc(S(=O)(=O)N2CCN(C(=O)c3ccc(C(F)(F)F)cc3)CC2)cc1C(N)=O. The summed E-state index contributed by atoms with van der Waals surface area (Å²) in [6.07, 6.45) is -3.21. The Morgan fingerprint density at radius 2 is 1.60 bits per heavy atom. The van der Waals surface area contributed by atoms with Gasteiger partial charge < -0.3 is 15.2 Å². The zero-order valence-corrected chi connectivity index (χ0v) is 16.7. The Balaban J connectivity index is 1.69. The van der Waals surface area contributed by atoms with Crippen molar-refractivity contribution < 1.29 is 31.2 Å². The third kappa shape index (κ3) is 4.19. The maximum Gasteiger partial charge on any atom is 0.416 e. The monoisotopic (exact) mass is 444 g/mol. The Labute approximate surface area is 170 Å². The van der Waals surface area contributed by atoms with Gasteiger partial charge in [0.2, 0.25) is 10.0 Å². The van der Waals surface area contributed by atoms with Crippen LogP contribution in [0, 0.1) is 0 Å². The van der Waals surface area contributed by atoms with Gasteiger partial charge in [0.15, 0.2) is 0 Å². The minimum absolute atomic E-state index is 0.00943. The van der Waals surface area contributed by atoms with Gasteiger partial charge in [0.1, 0.15) is 10.6 Å². The molecule has 1 aromatic carbocycles. The molecule has 0 aliphatic carbocycles. The van der Waals surface area contributed by atoms with E-state index in [-0.39, 0.29) is 42.3 Å². The summed E-state index contributed by atoms with van der Waals surface area (Å²) >= 11 is 0. The number of nitrogens with zero attached hydrogens (tertiary/aromatic N) is 3. The van der Waals surface area contributed by atoms with Crippen molar-refractivity contribution in [2.45, 2.75) is 11.1 Å². The molecule has 3 rings (SSSR count). The second-order valence-electron chi connectivity index (χ2n) is 6.81. The summed E-state index contributed by atoms with van der Waals surface area (Å²) < 4.78 is 66.1. The largest absolute Gasteiger partial charge is 0.416 e. The van der Waals surface area contributed by atoms with E-state index >= 15 is 0 Å². The highest BCUT2D eigenvalue weighted by Gasteiger charge is 2.33. The number of carbonyl (C=O) groups excluding carboxylic acids is 2. The van der Waals surface area contributed by atoms with Crippen molar-refractivity contribution in [2.24, 2.45) is 12.8 Å². The molecule has 0 bridgehead atoms. The van der Waals surface area contributed by atoms with Crippen LogP contribution in [0.4, 0.5) is 13.2 Å². The van der Waals surface area contributed by atoms with Crippen LogP contribution in [0.2, 0.25) is 0 Å². The van der Waals surface area contributed by atoms with Gasteiger partial charge in [-0.3, -0.25) is 9.59 Å². The normalized spacial score (nSPS) is 15.9. The third-order valence-corrected chi connectivity index (χ3v) is 6.72. The van der Waals surface area contributed by atoms with Gasteiger partial charge in [0.05, 0.1) is 5.56 Å². The average Bonchev–Trinajstić information content (AvgIpc) is 3.10. The van der Waals surface area contributed by atoms with Crippen molar-refractivity contribution in [1.29, 1.82) is 0 Å². The van der Waals surface area contributed by atoms with E-state index in [1.54, 1.807) is 0 Å². The van der Waals surface area contributed by atoms with Crippen LogP contribution in [0.25, 0.3) is 0 Å². The molecule has 12 heteroatoms. The number of primary amides is 1. The smallest absolute Gasteiger partial charge is 0.364 e. The molecule has 0 radical (unpaired) electrons. The molecular weight excluding hydrogens is 425 g/mol. The number of sulfonamides is 1. The number of rotatable bonds is 4. The molecule has 1 saturated heterocycles. The number of hydrogen-bond acceptors (Lipinski definition) is 4. The Morgan fingerprint density at radius 3 is 2.07 bits per heavy atom. The Hall–Kier alpha value is -2.86. The highest BCUT2D eigenvalue weighted by atomic mass is 32.2. The molecule has 2 heterocycles. The van der Waals surface area contributed by atoms with Gasteiger partial charge in [0.25, 0.3) is 11.8 Å². The van der Waals surface area contributed by atoms with Crippen LogP contribution in [-0.4, -0.2) is 60.2 Å². The van der Waals surface area contributed by atoms with E-state index in [1.807, 2.05) is 0 Å². The first kappa shape index (κ1) is 21.8. The van der Waals surface area contributed by atoms with Gasteiger partial charge in [-0.15, -0.1) is 0 Å². The number of hydrogen-bond donors (Lipinski definition) is 1. The number of benzene rings is 1. The van der Waals surface area contributed by atoms with Crippen LogP contribution in [-0.2, 0) is 23.2 Å². The predicted octanol–water partition coefficient (Wildman–Crippen LogP) is 1.29. The topological polar surface area (TPSA) is 106 Å². The number of alkyl halides is 3. The van der Waals surface area contributed by atoms with Crippen molar-refractivity contribution in [3.63, 3.8) is 0 Å². The fourth-order valence-corrected chi connectivity index (χ4v) is 4.68. The number of aryl methyl sites for hydroxylation is 1. The number of aromatic nitrogens is 1. The minimum atomic E-state index is -4.49. The van der Waals surface area contributed by atoms with Gasteiger partial charge in [-0.2, -0.15) is 17.5 Å². The molecule has 0 spiro atoms. The molecule has 2 N–H and O–H groups in total. The predicted molar refractivity (Wildman–Crippen MR) is 100 cm³/mol. The number of amides is 2. The third-order valence-electron chi connectivity index (χ3n) is 4.86. The molecule has 30 heavy (non-hydrogen) atoms. The molecule has 1 aliphatic rings. The van der Waals surface area contributed by atoms with Crippen LogP contribution < -0.4 is 5.73 Å². The van der Waals surface area contributed by atoms with Crippen LogP contribution in [0.15, 0.2) is 41.4 Å². The number of piperazine rings is 1. The first-order chi connectivity index (χ1) is 13.9. The van der Waals surface area contributed by atoms with Gasteiger partial charge in [-0.05, 0) is 30.3 Å². The van der Waals surface area contributed by atoms with Crippen LogP contribution in [0.5, 0.6) is 0 Å². The fourth-order valence-electron chi connectivity index (χ4n) is 3.19. The van der Waals surface area contributed by atoms with Crippen LogP contribution in [0.3, 0.4) is 0 Å². The molecule has 2 aromatic rings. The Morgan fingerprint density at radius 1 is 1.03 bits per heavy atom. The summed E-state index contributed by atoms with van der Waals surface area (Å²) in [5.74, 6) is -1.23. The van der Waals surface area contributed by atoms with E-state index in [9.17, 15) is 31.2 Å². The van der Waals surface area contributed by atoms with Crippen LogP contribution in [0.1, 0.15) is 26.4 Å². The average molecular weight is 444 g/mol. The van der Waals surface area contributed by atoms with Crippen molar-refractivity contribution in [3.8, 4) is 0 Å². The number of nitrogens with two attached hydrogens (primary N) is 1. The second kappa shape index (κ2) is 7.76. The molecule has 1 aromatic heterocycles. The molecule has 2 amide bonds. The summed E-state index contributed by atoms with van der Waals surface area (Å²) in [4.78, 5) is 25.2. The number of carbonyl (C=O) groups is 2. The maximum atomic E-state index is 12.8. The molecule has 0 unspecified atom stereocenters. The van der Waals surface area contributed by atoms with E-state index in [4.69, 9.17) is 5.73 Å². The molecule has 0 saturated carbocycles. The van der Waals surface area contributed by atoms with Crippen LogP contribution >= 0.6 is 0 Å². The molecule has 0 atom stereocenters. The van der Waals surface area contributed by atoms with E-state index in [2.05, 4.69) is 0 Å². The van der Waals surface area contributed by atoms with E-state index in [1.165, 1.54) is 33.1 Å². The van der Waals surface area contributed by atoms with Gasteiger partial charge in [-0.1, -0.05) is 0 Å². The van der Waals surface area contributed by atoms with Gasteiger partial charge in [-0.25, -0.2) is 8.42 Å². The maximum absolute atomic E-state index is 12.8. The highest BCUT2D eigenvalue weighted by Crippen LogP contribution is 2.29. The second-order valence-corrected chi connectivity index (χ2v) is 8.75. The van der Waals surface area contributed by atoms with Gasteiger partial charge >= 0.3 is 6.18 Å². The van der Waals surface area contributed by atoms with Crippen molar-refractivity contribution >= 4 is 21.8 Å². The summed E-state index contributed by atoms with van der Waals surface area (Å²) in [5.41, 5.74) is 4.50. The molecule has 1 fully saturated rings. The molecule has 1 aliphatic heterocycles. The minimum Gasteiger partial charge on any atom is -0.364 e. The lowest BCUT2D eigenvalue weighted by atomic mass is 10.1. The highest BCUT2D eigenvalue weighted by molar-refractivity contribution is 7.89. The van der Waals surface area contributed by atoms with Crippen molar-refractivity contribution in [2.75, 3.05) is 26.2 Å². The van der Waals surface area contributed by atoms with Gasteiger partial charge in [0, 0.05) is 45.0 Å². The van der Waals surface area contributed by atoms with E-state index in [0.717, 1.165) is 24.3 Å². The lowest BCUT2D eigenvalue weighted by molar-refractivity contribution is -0.137. The van der Waals surface area contributed by atoms with E-state index in [0.29, 0.717) is 0 Å². The van der Waals surface area contributed by atoms with E-state index < -0.39 is 33.6 Å². The zero-order valence-electron chi connectivity index (χ0n) is 15.9. The molecular formula is C18H19F3N4O4S. The Bertz CT molecular complexity index is 1070. The Kier molecular flexibility index (Phi) is 5.65. The van der Waals surface area contributed by atoms with Crippen molar-refractivity contribution in [1.82, 2.24) is 13.8 Å². The lowest BCUT2D eigenvalue weighted by Crippen LogP contribution is -2.50. The summed E-state index contributed by atoms with van der Waals surface area (Å²) in [6, 6.07) is 5.06. The first-order valence-electron chi connectivity index (χ1n) is 8.84. The lowest BCUT2D eigenvalue weighted by Gasteiger charge is -2.33. The zero-order chi connectivity index (χ0) is 22.3. The summed E-state index contributed by atoms with van der Waals surface area (Å²) in [7, 11) is -2.39. The fraction of sp³-hybridized carbons (Fsp3) is 0.333. The van der Waals surface area contributed by atoms with Crippen molar-refractivity contribution in [3.05, 3.63) is 53.3 Å². The summed E-state index contributed by atoms with van der Waals surface area (Å²) in [6.45, 7) is 0.175. The summed E-state index contributed by atoms with van der Waals surface area (Å²) in [5, 5.41) is 0.